The topological polar surface area (TPSA) is 101 Å². The molecule has 1 aliphatic carbocycles. The number of piperidine rings is 1. The monoisotopic (exact) mass is 638 g/mol. The van der Waals surface area contributed by atoms with E-state index in [4.69, 9.17) is 0 Å². The van der Waals surface area contributed by atoms with Crippen LogP contribution in [-0.2, 0) is 0 Å². The van der Waals surface area contributed by atoms with Crippen molar-refractivity contribution in [2.45, 2.75) is 90.3 Å². The third-order valence-corrected chi connectivity index (χ3v) is 8.99. The zero-order valence-corrected chi connectivity index (χ0v) is 26.4. The van der Waals surface area contributed by atoms with Crippen LogP contribution in [0.15, 0.2) is 30.5 Å². The van der Waals surface area contributed by atoms with E-state index in [1.807, 2.05) is 18.4 Å². The molecule has 2 fully saturated rings. The van der Waals surface area contributed by atoms with Gasteiger partial charge in [0.25, 0.3) is 5.91 Å². The van der Waals surface area contributed by atoms with Gasteiger partial charge in [-0.1, -0.05) is 0 Å². The number of aryl methyl sites for hydroxylation is 2. The van der Waals surface area contributed by atoms with Gasteiger partial charge in [0, 0.05) is 49.6 Å². The molecule has 4 heterocycles. The third-order valence-electron chi connectivity index (χ3n) is 8.99. The average Bonchev–Trinajstić information content (AvgIpc) is 3.36. The SMILES string of the molecule is Cc1nc(Nc2ncc(F)c(-c3cc(F)c4nc(C)n(C(C)C)c4c3)n2)ccc1C(=O)N1CCC(NC2CCC(F)(F)CC2)CC1. The van der Waals surface area contributed by atoms with Crippen molar-refractivity contribution in [1.29, 1.82) is 0 Å². The summed E-state index contributed by atoms with van der Waals surface area (Å²) in [5.41, 5.74) is 1.91. The summed E-state index contributed by atoms with van der Waals surface area (Å²) in [4.78, 5) is 32.4. The summed E-state index contributed by atoms with van der Waals surface area (Å²) in [5, 5.41) is 6.49. The number of hydrogen-bond acceptors (Lipinski definition) is 7. The summed E-state index contributed by atoms with van der Waals surface area (Å²) >= 11 is 0. The van der Waals surface area contributed by atoms with Crippen LogP contribution in [0.4, 0.5) is 29.3 Å². The van der Waals surface area contributed by atoms with Gasteiger partial charge in [0.1, 0.15) is 22.9 Å². The molecule has 1 saturated heterocycles. The molecule has 3 aromatic heterocycles. The molecular weight excluding hydrogens is 600 g/mol. The van der Waals surface area contributed by atoms with Crippen LogP contribution < -0.4 is 10.6 Å². The highest BCUT2D eigenvalue weighted by Crippen LogP contribution is 2.34. The Morgan fingerprint density at radius 3 is 2.33 bits per heavy atom. The molecule has 0 radical (unpaired) electrons. The van der Waals surface area contributed by atoms with Gasteiger partial charge in [0.2, 0.25) is 11.9 Å². The van der Waals surface area contributed by atoms with Crippen LogP contribution in [0.25, 0.3) is 22.3 Å². The minimum atomic E-state index is -2.55. The molecule has 6 rings (SSSR count). The molecule has 0 spiro atoms. The predicted molar refractivity (Wildman–Crippen MR) is 167 cm³/mol. The molecular formula is C33H38F4N8O. The fourth-order valence-corrected chi connectivity index (χ4v) is 6.62. The average molecular weight is 639 g/mol. The van der Waals surface area contributed by atoms with E-state index < -0.39 is 17.6 Å². The number of rotatable bonds is 7. The highest BCUT2D eigenvalue weighted by atomic mass is 19.3. The summed E-state index contributed by atoms with van der Waals surface area (Å²) in [6.07, 6.45) is 3.33. The Hall–Kier alpha value is -4.13. The Balaban J connectivity index is 1.12. The Kier molecular flexibility index (Phi) is 8.70. The van der Waals surface area contributed by atoms with Crippen molar-refractivity contribution in [2.24, 2.45) is 0 Å². The normalized spacial score (nSPS) is 17.6. The summed E-state index contributed by atoms with van der Waals surface area (Å²) < 4.78 is 58.9. The van der Waals surface area contributed by atoms with Crippen LogP contribution in [-0.4, -0.2) is 66.4 Å². The number of amides is 1. The summed E-state index contributed by atoms with van der Waals surface area (Å²) in [7, 11) is 0. The van der Waals surface area contributed by atoms with E-state index in [9.17, 15) is 18.0 Å². The molecule has 2 aliphatic rings. The number of nitrogens with zero attached hydrogens (tertiary/aromatic N) is 6. The summed E-state index contributed by atoms with van der Waals surface area (Å²) in [6, 6.07) is 6.53. The second-order valence-electron chi connectivity index (χ2n) is 12.7. The van der Waals surface area contributed by atoms with Crippen molar-refractivity contribution >= 4 is 28.7 Å². The fraction of sp³-hybridized carbons (Fsp3) is 0.485. The lowest BCUT2D eigenvalue weighted by Crippen LogP contribution is -2.49. The first-order chi connectivity index (χ1) is 21.9. The number of pyridine rings is 1. The Morgan fingerprint density at radius 2 is 1.65 bits per heavy atom. The van der Waals surface area contributed by atoms with Crippen molar-refractivity contribution in [2.75, 3.05) is 18.4 Å². The standard InChI is InChI=1S/C33H38F4N8O/c1-18(2)45-20(4)40-30-25(34)15-21(16-27(30)45)29-26(35)17-38-32(43-29)42-28-6-5-24(19(3)39-28)31(46)44-13-9-23(10-14-44)41-22-7-11-33(36,37)12-8-22/h5-6,15-18,22-23,41H,7-14H2,1-4H3,(H,38,39,42,43). The lowest BCUT2D eigenvalue weighted by Gasteiger charge is -2.37. The molecule has 9 nitrogen and oxygen atoms in total. The Morgan fingerprint density at radius 1 is 0.957 bits per heavy atom. The number of hydrogen-bond donors (Lipinski definition) is 2. The van der Waals surface area contributed by atoms with E-state index >= 15 is 4.39 Å². The maximum atomic E-state index is 15.1. The van der Waals surface area contributed by atoms with Gasteiger partial charge < -0.3 is 20.1 Å². The molecule has 0 atom stereocenters. The number of benzene rings is 1. The van der Waals surface area contributed by atoms with E-state index in [-0.39, 0.29) is 59.6 Å². The first kappa shape index (κ1) is 31.8. The van der Waals surface area contributed by atoms with Crippen LogP contribution in [0.5, 0.6) is 0 Å². The molecule has 2 N–H and O–H groups in total. The lowest BCUT2D eigenvalue weighted by molar-refractivity contribution is -0.0417. The van der Waals surface area contributed by atoms with Gasteiger partial charge in [-0.3, -0.25) is 4.79 Å². The van der Waals surface area contributed by atoms with Gasteiger partial charge in [0.15, 0.2) is 11.6 Å². The highest BCUT2D eigenvalue weighted by Gasteiger charge is 2.36. The number of fused-ring (bicyclic) bond motifs is 1. The number of imidazole rings is 1. The molecule has 1 saturated carbocycles. The van der Waals surface area contributed by atoms with Crippen molar-refractivity contribution in [3.05, 3.63) is 59.2 Å². The number of halogens is 4. The third kappa shape index (κ3) is 6.55. The highest BCUT2D eigenvalue weighted by molar-refractivity contribution is 5.95. The number of carbonyl (C=O) groups excluding carboxylic acids is 1. The van der Waals surface area contributed by atoms with E-state index in [0.717, 1.165) is 19.0 Å². The molecule has 4 aromatic rings. The van der Waals surface area contributed by atoms with Crippen molar-refractivity contribution < 1.29 is 22.4 Å². The molecule has 244 valence electrons. The van der Waals surface area contributed by atoms with Crippen molar-refractivity contribution in [3.63, 3.8) is 0 Å². The number of anilines is 2. The number of nitrogens with one attached hydrogen (secondary N) is 2. The maximum absolute atomic E-state index is 15.1. The predicted octanol–water partition coefficient (Wildman–Crippen LogP) is 6.88. The van der Waals surface area contributed by atoms with Crippen molar-refractivity contribution in [3.8, 4) is 11.3 Å². The molecule has 1 aliphatic heterocycles. The van der Waals surface area contributed by atoms with E-state index in [2.05, 4.69) is 30.6 Å². The quantitative estimate of drug-likeness (QED) is 0.213. The van der Waals surface area contributed by atoms with E-state index in [0.29, 0.717) is 54.3 Å². The second-order valence-corrected chi connectivity index (χ2v) is 12.7. The van der Waals surface area contributed by atoms with Gasteiger partial charge in [-0.2, -0.15) is 0 Å². The number of aromatic nitrogens is 5. The van der Waals surface area contributed by atoms with Crippen LogP contribution in [0, 0.1) is 25.5 Å². The number of likely N-dealkylation sites (tertiary alicyclic amines) is 1. The van der Waals surface area contributed by atoms with Crippen LogP contribution in [0.3, 0.4) is 0 Å². The van der Waals surface area contributed by atoms with Crippen LogP contribution in [0.1, 0.15) is 80.3 Å². The zero-order chi connectivity index (χ0) is 32.7. The van der Waals surface area contributed by atoms with Crippen LogP contribution >= 0.6 is 0 Å². The Bertz CT molecular complexity index is 1760. The van der Waals surface area contributed by atoms with Gasteiger partial charge in [-0.05, 0) is 77.6 Å². The number of alkyl halides is 2. The second kappa shape index (κ2) is 12.6. The van der Waals surface area contributed by atoms with Crippen LogP contribution in [0.2, 0.25) is 0 Å². The van der Waals surface area contributed by atoms with E-state index in [1.54, 1.807) is 36.9 Å². The molecule has 46 heavy (non-hydrogen) atoms. The maximum Gasteiger partial charge on any atom is 0.255 e. The molecule has 13 heteroatoms. The van der Waals surface area contributed by atoms with E-state index in [1.165, 1.54) is 6.07 Å². The Labute approximate surface area is 264 Å². The van der Waals surface area contributed by atoms with Gasteiger partial charge in [-0.15, -0.1) is 0 Å². The van der Waals surface area contributed by atoms with Gasteiger partial charge in [-0.25, -0.2) is 37.5 Å². The van der Waals surface area contributed by atoms with Gasteiger partial charge >= 0.3 is 0 Å². The minimum absolute atomic E-state index is 0.0203. The first-order valence-electron chi connectivity index (χ1n) is 15.8. The molecule has 0 bridgehead atoms. The summed E-state index contributed by atoms with van der Waals surface area (Å²) in [6.45, 7) is 8.59. The largest absolute Gasteiger partial charge is 0.338 e. The smallest absolute Gasteiger partial charge is 0.255 e. The summed E-state index contributed by atoms with van der Waals surface area (Å²) in [5.74, 6) is -2.87. The zero-order valence-electron chi connectivity index (χ0n) is 26.4. The molecule has 1 aromatic carbocycles. The van der Waals surface area contributed by atoms with Crippen molar-refractivity contribution in [1.82, 2.24) is 34.7 Å². The molecule has 1 amide bonds. The fourth-order valence-electron chi connectivity index (χ4n) is 6.62. The number of carbonyl (C=O) groups is 1. The molecule has 0 unspecified atom stereocenters. The lowest BCUT2D eigenvalue weighted by atomic mass is 9.91. The van der Waals surface area contributed by atoms with Gasteiger partial charge in [0.05, 0.1) is 23.0 Å². The minimum Gasteiger partial charge on any atom is -0.338 e. The first-order valence-corrected chi connectivity index (χ1v) is 15.8.